The topological polar surface area (TPSA) is 107 Å². The van der Waals surface area contributed by atoms with Gasteiger partial charge in [-0.05, 0) is 84.3 Å². The Morgan fingerprint density at radius 2 is 1.85 bits per heavy atom. The number of aryl methyl sites for hydroxylation is 1. The van der Waals surface area contributed by atoms with Crippen molar-refractivity contribution in [1.29, 1.82) is 0 Å². The predicted octanol–water partition coefficient (Wildman–Crippen LogP) is 3.78. The molecule has 0 aliphatic carbocycles. The van der Waals surface area contributed by atoms with Crippen molar-refractivity contribution in [2.75, 3.05) is 26.9 Å². The van der Waals surface area contributed by atoms with E-state index >= 15 is 0 Å². The van der Waals surface area contributed by atoms with Crippen LogP contribution in [0.3, 0.4) is 0 Å². The minimum Gasteiger partial charge on any atom is -0.497 e. The van der Waals surface area contributed by atoms with E-state index in [1.54, 1.807) is 7.11 Å². The van der Waals surface area contributed by atoms with E-state index in [2.05, 4.69) is 50.5 Å². The Morgan fingerprint density at radius 3 is 2.58 bits per heavy atom. The summed E-state index contributed by atoms with van der Waals surface area (Å²) in [6, 6.07) is 15.6. The molecule has 2 aliphatic rings. The highest BCUT2D eigenvalue weighted by Crippen LogP contribution is 2.31. The molecule has 0 bridgehead atoms. The van der Waals surface area contributed by atoms with E-state index in [4.69, 9.17) is 14.2 Å². The number of pyridine rings is 1. The molecule has 2 aliphatic heterocycles. The summed E-state index contributed by atoms with van der Waals surface area (Å²) in [5.41, 5.74) is 3.47. The Hall–Kier alpha value is -3.60. The van der Waals surface area contributed by atoms with Gasteiger partial charge in [-0.15, -0.1) is 5.10 Å². The van der Waals surface area contributed by atoms with E-state index < -0.39 is 6.04 Å². The third-order valence-corrected chi connectivity index (χ3v) is 7.90. The zero-order valence-corrected chi connectivity index (χ0v) is 23.1. The van der Waals surface area contributed by atoms with Crippen LogP contribution >= 0.6 is 0 Å². The van der Waals surface area contributed by atoms with Crippen molar-refractivity contribution in [2.45, 2.75) is 63.9 Å². The molecule has 4 aromatic rings. The molecule has 3 atom stereocenters. The monoisotopic (exact) mass is 544 g/mol. The predicted molar refractivity (Wildman–Crippen MR) is 150 cm³/mol. The molecule has 0 unspecified atom stereocenters. The molecule has 10 heteroatoms. The van der Waals surface area contributed by atoms with Gasteiger partial charge in [0.05, 0.1) is 25.9 Å². The SMILES string of the molecule is COc1ccc(CN(C[C@@H]2CCCO2)[C@H](c2cc3cc(C)ccc3[nH]c2=O)c2nnnn2C[C@H]2CCCO2)cc1. The van der Waals surface area contributed by atoms with Crippen molar-refractivity contribution in [2.24, 2.45) is 0 Å². The van der Waals surface area contributed by atoms with Gasteiger partial charge in [-0.3, -0.25) is 9.69 Å². The van der Waals surface area contributed by atoms with Crippen LogP contribution in [0, 0.1) is 6.92 Å². The average molecular weight is 545 g/mol. The van der Waals surface area contributed by atoms with Gasteiger partial charge in [-0.2, -0.15) is 0 Å². The highest BCUT2D eigenvalue weighted by molar-refractivity contribution is 5.79. The molecule has 2 aromatic heterocycles. The maximum Gasteiger partial charge on any atom is 0.253 e. The summed E-state index contributed by atoms with van der Waals surface area (Å²) in [5, 5.41) is 13.9. The van der Waals surface area contributed by atoms with Crippen LogP contribution in [0.2, 0.25) is 0 Å². The molecule has 40 heavy (non-hydrogen) atoms. The lowest BCUT2D eigenvalue weighted by molar-refractivity contribution is 0.0555. The fraction of sp³-hybridized carbons (Fsp3) is 0.467. The van der Waals surface area contributed by atoms with Crippen LogP contribution in [-0.4, -0.2) is 69.2 Å². The van der Waals surface area contributed by atoms with Gasteiger partial charge in [0.2, 0.25) is 0 Å². The first kappa shape index (κ1) is 26.6. The Balaban J connectivity index is 1.47. The number of aromatic amines is 1. The Kier molecular flexibility index (Phi) is 7.90. The third-order valence-electron chi connectivity index (χ3n) is 7.90. The molecular formula is C30H36N6O4. The number of H-pyrrole nitrogens is 1. The first-order valence-electron chi connectivity index (χ1n) is 14.1. The zero-order valence-electron chi connectivity index (χ0n) is 23.1. The molecule has 10 nitrogen and oxygen atoms in total. The largest absolute Gasteiger partial charge is 0.497 e. The fourth-order valence-electron chi connectivity index (χ4n) is 5.84. The molecule has 0 saturated carbocycles. The third kappa shape index (κ3) is 5.79. The minimum atomic E-state index is -0.503. The number of nitrogens with zero attached hydrogens (tertiary/aromatic N) is 5. The van der Waals surface area contributed by atoms with Crippen LogP contribution < -0.4 is 10.3 Å². The van der Waals surface area contributed by atoms with Gasteiger partial charge in [-0.25, -0.2) is 4.68 Å². The Labute approximate surface area is 233 Å². The summed E-state index contributed by atoms with van der Waals surface area (Å²) in [5.74, 6) is 1.42. The Bertz CT molecular complexity index is 1490. The summed E-state index contributed by atoms with van der Waals surface area (Å²) in [6.07, 6.45) is 4.10. The minimum absolute atomic E-state index is 0.0497. The van der Waals surface area contributed by atoms with Gasteiger partial charge in [0.1, 0.15) is 11.8 Å². The zero-order chi connectivity index (χ0) is 27.5. The van der Waals surface area contributed by atoms with Crippen molar-refractivity contribution in [3.8, 4) is 5.75 Å². The summed E-state index contributed by atoms with van der Waals surface area (Å²) < 4.78 is 19.2. The quantitative estimate of drug-likeness (QED) is 0.322. The molecule has 0 spiro atoms. The average Bonchev–Trinajstić information content (AvgIpc) is 3.75. The number of fused-ring (bicyclic) bond motifs is 1. The highest BCUT2D eigenvalue weighted by atomic mass is 16.5. The van der Waals surface area contributed by atoms with E-state index in [1.165, 1.54) is 0 Å². The number of hydrogen-bond acceptors (Lipinski definition) is 8. The lowest BCUT2D eigenvalue weighted by Gasteiger charge is -2.33. The number of benzene rings is 2. The van der Waals surface area contributed by atoms with Gasteiger partial charge >= 0.3 is 0 Å². The van der Waals surface area contributed by atoms with Crippen molar-refractivity contribution in [3.05, 3.63) is 81.4 Å². The number of ether oxygens (including phenoxy) is 3. The van der Waals surface area contributed by atoms with E-state index in [-0.39, 0.29) is 17.8 Å². The fourth-order valence-corrected chi connectivity index (χ4v) is 5.84. The molecule has 210 valence electrons. The Morgan fingerprint density at radius 1 is 1.07 bits per heavy atom. The van der Waals surface area contributed by atoms with Crippen LogP contribution in [0.1, 0.15) is 54.2 Å². The first-order valence-corrected chi connectivity index (χ1v) is 14.1. The van der Waals surface area contributed by atoms with Gasteiger partial charge in [0.25, 0.3) is 5.56 Å². The second-order valence-corrected chi connectivity index (χ2v) is 10.8. The van der Waals surface area contributed by atoms with E-state index in [0.29, 0.717) is 31.0 Å². The van der Waals surface area contributed by atoms with Crippen molar-refractivity contribution in [1.82, 2.24) is 30.1 Å². The second kappa shape index (κ2) is 11.9. The molecular weight excluding hydrogens is 508 g/mol. The lowest BCUT2D eigenvalue weighted by atomic mass is 10.0. The van der Waals surface area contributed by atoms with Crippen LogP contribution in [0.5, 0.6) is 5.75 Å². The standard InChI is InChI=1S/C30H36N6O4/c1-20-7-12-27-22(15-20)16-26(30(37)31-27)28(29-32-33-34-36(29)19-25-6-4-14-40-25)35(18-24-5-3-13-39-24)17-21-8-10-23(38-2)11-9-21/h7-12,15-16,24-25,28H,3-6,13-14,17-19H2,1-2H3,(H,31,37)/t24-,25+,28+/m0/s1. The first-order chi connectivity index (χ1) is 19.6. The van der Waals surface area contributed by atoms with Gasteiger partial charge in [-0.1, -0.05) is 23.8 Å². The van der Waals surface area contributed by atoms with Crippen molar-refractivity contribution >= 4 is 10.9 Å². The van der Waals surface area contributed by atoms with Crippen LogP contribution in [0.4, 0.5) is 0 Å². The van der Waals surface area contributed by atoms with Gasteiger partial charge in [0, 0.05) is 37.4 Å². The maximum absolute atomic E-state index is 13.8. The summed E-state index contributed by atoms with van der Waals surface area (Å²) >= 11 is 0. The molecule has 2 aromatic carbocycles. The van der Waals surface area contributed by atoms with Crippen LogP contribution in [0.25, 0.3) is 10.9 Å². The van der Waals surface area contributed by atoms with Crippen molar-refractivity contribution in [3.63, 3.8) is 0 Å². The number of hydrogen-bond donors (Lipinski definition) is 1. The molecule has 4 heterocycles. The number of aromatic nitrogens is 5. The summed E-state index contributed by atoms with van der Waals surface area (Å²) in [6.45, 7) is 5.30. The number of rotatable bonds is 10. The van der Waals surface area contributed by atoms with Gasteiger partial charge < -0.3 is 19.2 Å². The number of tetrazole rings is 1. The van der Waals surface area contributed by atoms with Crippen LogP contribution in [-0.2, 0) is 22.6 Å². The second-order valence-electron chi connectivity index (χ2n) is 10.8. The van der Waals surface area contributed by atoms with E-state index in [0.717, 1.165) is 66.7 Å². The normalized spacial score (nSPS) is 20.0. The molecule has 2 fully saturated rings. The van der Waals surface area contributed by atoms with Crippen molar-refractivity contribution < 1.29 is 14.2 Å². The van der Waals surface area contributed by atoms with Crippen LogP contribution in [0.15, 0.2) is 53.3 Å². The maximum atomic E-state index is 13.8. The van der Waals surface area contributed by atoms with Gasteiger partial charge in [0.15, 0.2) is 5.82 Å². The van der Waals surface area contributed by atoms with E-state index in [9.17, 15) is 4.79 Å². The number of methoxy groups -OCH3 is 1. The highest BCUT2D eigenvalue weighted by Gasteiger charge is 2.34. The van der Waals surface area contributed by atoms with E-state index in [1.807, 2.05) is 35.0 Å². The summed E-state index contributed by atoms with van der Waals surface area (Å²) in [4.78, 5) is 19.2. The summed E-state index contributed by atoms with van der Waals surface area (Å²) in [7, 11) is 1.66. The molecule has 0 radical (unpaired) electrons. The number of nitrogens with one attached hydrogen (secondary N) is 1. The smallest absolute Gasteiger partial charge is 0.253 e. The molecule has 0 amide bonds. The lowest BCUT2D eigenvalue weighted by Crippen LogP contribution is -2.39. The molecule has 1 N–H and O–H groups in total. The molecule has 6 rings (SSSR count). The molecule has 2 saturated heterocycles.